The van der Waals surface area contributed by atoms with Crippen LogP contribution in [0.3, 0.4) is 0 Å². The molecule has 1 fully saturated rings. The first-order valence-corrected chi connectivity index (χ1v) is 9.02. The van der Waals surface area contributed by atoms with Crippen molar-refractivity contribution in [3.05, 3.63) is 63.6 Å². The zero-order chi connectivity index (χ0) is 19.4. The van der Waals surface area contributed by atoms with Gasteiger partial charge in [0.2, 0.25) is 0 Å². The van der Waals surface area contributed by atoms with Crippen LogP contribution in [-0.4, -0.2) is 30.4 Å². The van der Waals surface area contributed by atoms with Crippen molar-refractivity contribution in [3.8, 4) is 0 Å². The fraction of sp³-hybridized carbons (Fsp3) is 0.211. The average molecular weight is 407 g/mol. The van der Waals surface area contributed by atoms with Crippen LogP contribution < -0.4 is 10.6 Å². The smallest absolute Gasteiger partial charge is 0.340 e. The molecule has 0 unspecified atom stereocenters. The molecule has 0 bridgehead atoms. The highest BCUT2D eigenvalue weighted by Crippen LogP contribution is 2.26. The van der Waals surface area contributed by atoms with Gasteiger partial charge in [-0.1, -0.05) is 41.4 Å². The highest BCUT2D eigenvalue weighted by Gasteiger charge is 2.25. The second-order valence-corrected chi connectivity index (χ2v) is 6.80. The lowest BCUT2D eigenvalue weighted by molar-refractivity contribution is -0.119. The normalized spacial score (nSPS) is 13.0. The molecule has 1 aliphatic rings. The maximum absolute atomic E-state index is 12.2. The zero-order valence-electron chi connectivity index (χ0n) is 14.1. The van der Waals surface area contributed by atoms with E-state index in [-0.39, 0.29) is 27.6 Å². The Morgan fingerprint density at radius 2 is 1.70 bits per heavy atom. The van der Waals surface area contributed by atoms with Crippen LogP contribution in [0.25, 0.3) is 0 Å². The topological polar surface area (TPSA) is 84.5 Å². The van der Waals surface area contributed by atoms with Crippen LogP contribution in [0.15, 0.2) is 42.5 Å². The second-order valence-electron chi connectivity index (χ2n) is 6.02. The largest absolute Gasteiger partial charge is 0.452 e. The highest BCUT2D eigenvalue weighted by molar-refractivity contribution is 6.43. The Kier molecular flexibility index (Phi) is 5.98. The lowest BCUT2D eigenvalue weighted by Crippen LogP contribution is -2.28. The molecule has 1 saturated carbocycles. The Morgan fingerprint density at radius 3 is 2.44 bits per heavy atom. The predicted octanol–water partition coefficient (Wildman–Crippen LogP) is 3.68. The Morgan fingerprint density at radius 1 is 1.00 bits per heavy atom. The zero-order valence-corrected chi connectivity index (χ0v) is 15.6. The molecular weight excluding hydrogens is 391 g/mol. The van der Waals surface area contributed by atoms with E-state index in [9.17, 15) is 14.4 Å². The number of carbonyl (C=O) groups excluding carboxylic acids is 3. The van der Waals surface area contributed by atoms with Gasteiger partial charge >= 0.3 is 5.97 Å². The summed E-state index contributed by atoms with van der Waals surface area (Å²) in [6, 6.07) is 11.4. The summed E-state index contributed by atoms with van der Waals surface area (Å²) in [5, 5.41) is 5.72. The SMILES string of the molecule is O=C(COC(=O)c1cccc(Cl)c1Cl)Nc1ccccc1C(=O)NC1CC1. The first-order chi connectivity index (χ1) is 13.0. The van der Waals surface area contributed by atoms with Gasteiger partial charge in [-0.3, -0.25) is 9.59 Å². The number of halogens is 2. The summed E-state index contributed by atoms with van der Waals surface area (Å²) in [7, 11) is 0. The van der Waals surface area contributed by atoms with Crippen LogP contribution in [0.1, 0.15) is 33.6 Å². The van der Waals surface area contributed by atoms with Gasteiger partial charge in [-0.15, -0.1) is 0 Å². The predicted molar refractivity (Wildman–Crippen MR) is 102 cm³/mol. The van der Waals surface area contributed by atoms with E-state index in [2.05, 4.69) is 10.6 Å². The molecule has 2 aromatic carbocycles. The summed E-state index contributed by atoms with van der Waals surface area (Å²) in [5.41, 5.74) is 0.764. The molecule has 0 atom stereocenters. The molecule has 0 aromatic heterocycles. The first kappa shape index (κ1) is 19.2. The highest BCUT2D eigenvalue weighted by atomic mass is 35.5. The minimum atomic E-state index is -0.766. The van der Waals surface area contributed by atoms with Gasteiger partial charge in [0.1, 0.15) is 0 Å². The van der Waals surface area contributed by atoms with Gasteiger partial charge < -0.3 is 15.4 Å². The fourth-order valence-electron chi connectivity index (χ4n) is 2.34. The monoisotopic (exact) mass is 406 g/mol. The number of benzene rings is 2. The van der Waals surface area contributed by atoms with Gasteiger partial charge in [0.25, 0.3) is 11.8 Å². The van der Waals surface area contributed by atoms with Crippen molar-refractivity contribution in [2.75, 3.05) is 11.9 Å². The minimum absolute atomic E-state index is 0.0617. The third kappa shape index (κ3) is 4.99. The van der Waals surface area contributed by atoms with Gasteiger partial charge in [0.15, 0.2) is 6.61 Å². The minimum Gasteiger partial charge on any atom is -0.452 e. The molecule has 0 heterocycles. The first-order valence-electron chi connectivity index (χ1n) is 8.26. The van der Waals surface area contributed by atoms with E-state index < -0.39 is 18.5 Å². The van der Waals surface area contributed by atoms with Crippen LogP contribution in [0.2, 0.25) is 10.0 Å². The van der Waals surface area contributed by atoms with E-state index in [1.54, 1.807) is 30.3 Å². The van der Waals surface area contributed by atoms with Crippen molar-refractivity contribution < 1.29 is 19.1 Å². The fourth-order valence-corrected chi connectivity index (χ4v) is 2.72. The molecule has 0 aliphatic heterocycles. The molecule has 0 spiro atoms. The van der Waals surface area contributed by atoms with E-state index >= 15 is 0 Å². The molecule has 1 aliphatic carbocycles. The number of rotatable bonds is 6. The van der Waals surface area contributed by atoms with Crippen molar-refractivity contribution in [3.63, 3.8) is 0 Å². The maximum atomic E-state index is 12.2. The third-order valence-electron chi connectivity index (χ3n) is 3.86. The van der Waals surface area contributed by atoms with E-state index in [1.165, 1.54) is 12.1 Å². The van der Waals surface area contributed by atoms with Gasteiger partial charge in [-0.2, -0.15) is 0 Å². The molecule has 2 N–H and O–H groups in total. The standard InChI is InChI=1S/C19H16Cl2N2O4/c20-14-6-3-5-13(17(14)21)19(26)27-10-16(24)23-15-7-2-1-4-12(15)18(25)22-11-8-9-11/h1-7,11H,8-10H2,(H,22,25)(H,23,24). The summed E-state index contributed by atoms with van der Waals surface area (Å²) >= 11 is 11.8. The lowest BCUT2D eigenvalue weighted by Gasteiger charge is -2.11. The summed E-state index contributed by atoms with van der Waals surface area (Å²) in [6.45, 7) is -0.528. The number of amides is 2. The van der Waals surface area contributed by atoms with Crippen molar-refractivity contribution in [2.45, 2.75) is 18.9 Å². The summed E-state index contributed by atoms with van der Waals surface area (Å²) in [6.07, 6.45) is 1.92. The van der Waals surface area contributed by atoms with Gasteiger partial charge in [0.05, 0.1) is 26.9 Å². The van der Waals surface area contributed by atoms with Crippen LogP contribution in [0, 0.1) is 0 Å². The van der Waals surface area contributed by atoms with E-state index in [0.717, 1.165) is 12.8 Å². The number of para-hydroxylation sites is 1. The molecule has 27 heavy (non-hydrogen) atoms. The number of anilines is 1. The maximum Gasteiger partial charge on any atom is 0.340 e. The van der Waals surface area contributed by atoms with Gasteiger partial charge in [-0.25, -0.2) is 4.79 Å². The molecule has 6 nitrogen and oxygen atoms in total. The Bertz CT molecular complexity index is 897. The van der Waals surface area contributed by atoms with E-state index in [0.29, 0.717) is 11.3 Å². The Hall–Kier alpha value is -2.57. The molecule has 8 heteroatoms. The van der Waals surface area contributed by atoms with E-state index in [1.807, 2.05) is 0 Å². The van der Waals surface area contributed by atoms with Crippen molar-refractivity contribution >= 4 is 46.7 Å². The van der Waals surface area contributed by atoms with Crippen LogP contribution in [0.5, 0.6) is 0 Å². The molecule has 140 valence electrons. The van der Waals surface area contributed by atoms with Crippen molar-refractivity contribution in [2.24, 2.45) is 0 Å². The second kappa shape index (κ2) is 8.41. The summed E-state index contributed by atoms with van der Waals surface area (Å²) in [5.74, 6) is -1.60. The number of esters is 1. The quantitative estimate of drug-likeness (QED) is 0.716. The average Bonchev–Trinajstić information content (AvgIpc) is 3.46. The molecule has 2 amide bonds. The molecule has 2 aromatic rings. The van der Waals surface area contributed by atoms with Crippen LogP contribution in [0.4, 0.5) is 5.69 Å². The van der Waals surface area contributed by atoms with Crippen molar-refractivity contribution in [1.82, 2.24) is 5.32 Å². The lowest BCUT2D eigenvalue weighted by atomic mass is 10.1. The number of hydrogen-bond donors (Lipinski definition) is 2. The molecule has 3 rings (SSSR count). The summed E-state index contributed by atoms with van der Waals surface area (Å²) < 4.78 is 4.98. The Balaban J connectivity index is 1.60. The van der Waals surface area contributed by atoms with E-state index in [4.69, 9.17) is 27.9 Å². The van der Waals surface area contributed by atoms with Crippen LogP contribution in [-0.2, 0) is 9.53 Å². The van der Waals surface area contributed by atoms with Gasteiger partial charge in [-0.05, 0) is 37.1 Å². The molecule has 0 saturated heterocycles. The Labute approximate surface area is 165 Å². The third-order valence-corrected chi connectivity index (χ3v) is 4.68. The molecule has 0 radical (unpaired) electrons. The number of hydrogen-bond acceptors (Lipinski definition) is 4. The molecular formula is C19H16Cl2N2O4. The number of ether oxygens (including phenoxy) is 1. The number of nitrogens with one attached hydrogen (secondary N) is 2. The van der Waals surface area contributed by atoms with Crippen LogP contribution >= 0.6 is 23.2 Å². The van der Waals surface area contributed by atoms with Gasteiger partial charge in [0, 0.05) is 6.04 Å². The summed E-state index contributed by atoms with van der Waals surface area (Å²) in [4.78, 5) is 36.4. The van der Waals surface area contributed by atoms with Crippen molar-refractivity contribution in [1.29, 1.82) is 0 Å². The number of carbonyl (C=O) groups is 3.